The summed E-state index contributed by atoms with van der Waals surface area (Å²) < 4.78 is 44.3. The number of hydrogen-bond donors (Lipinski definition) is 0. The molecule has 0 fully saturated rings. The highest BCUT2D eigenvalue weighted by molar-refractivity contribution is 5.98. The molecular weight excluding hydrogens is 434 g/mol. The fourth-order valence-corrected chi connectivity index (χ4v) is 3.13. The minimum absolute atomic E-state index is 0.0633. The highest BCUT2D eigenvalue weighted by atomic mass is 19.1. The van der Waals surface area contributed by atoms with Gasteiger partial charge in [-0.1, -0.05) is 18.2 Å². The van der Waals surface area contributed by atoms with Gasteiger partial charge in [-0.25, -0.2) is 23.5 Å². The van der Waals surface area contributed by atoms with Crippen molar-refractivity contribution in [3.8, 4) is 17.1 Å². The molecule has 0 unspecified atom stereocenters. The molecule has 0 saturated heterocycles. The Morgan fingerprint density at radius 3 is 2.33 bits per heavy atom. The molecule has 172 valence electrons. The molecule has 0 N–H and O–H groups in total. The number of esters is 1. The first kappa shape index (κ1) is 23.9. The summed E-state index contributed by atoms with van der Waals surface area (Å²) in [5.74, 6) is -2.30. The van der Waals surface area contributed by atoms with Gasteiger partial charge in [0.2, 0.25) is 0 Å². The van der Waals surface area contributed by atoms with Crippen molar-refractivity contribution in [1.29, 1.82) is 0 Å². The largest absolute Gasteiger partial charge is 0.491 e. The van der Waals surface area contributed by atoms with Crippen LogP contribution in [-0.4, -0.2) is 49.2 Å². The summed E-state index contributed by atoms with van der Waals surface area (Å²) in [5.41, 5.74) is -0.117. The van der Waals surface area contributed by atoms with Crippen LogP contribution in [0.1, 0.15) is 39.0 Å². The number of carbonyl (C=O) groups excluding carboxylic acids is 2. The molecule has 1 aromatic heterocycles. The number of methoxy groups -OCH3 is 1. The lowest BCUT2D eigenvalue weighted by Gasteiger charge is -2.13. The maximum atomic E-state index is 14.4. The Morgan fingerprint density at radius 2 is 1.73 bits per heavy atom. The third kappa shape index (κ3) is 5.75. The van der Waals surface area contributed by atoms with Crippen LogP contribution in [0.5, 0.6) is 5.75 Å². The molecule has 2 aromatic carbocycles. The van der Waals surface area contributed by atoms with Crippen LogP contribution in [0.25, 0.3) is 11.4 Å². The standard InChI is InChI=1S/C24H22F2N2O5/c1-3-32-24(30)22-19(13-15-7-9-16(10-8-15)33-12-11-31-2)27-23(28-20(22)14-29)21-17(25)5-4-6-18(21)26/h4-10,14H,3,11-13H2,1-2H3. The van der Waals surface area contributed by atoms with Crippen molar-refractivity contribution in [2.24, 2.45) is 0 Å². The van der Waals surface area contributed by atoms with E-state index in [4.69, 9.17) is 14.2 Å². The first-order valence-corrected chi connectivity index (χ1v) is 10.2. The van der Waals surface area contributed by atoms with Crippen LogP contribution in [0.3, 0.4) is 0 Å². The summed E-state index contributed by atoms with van der Waals surface area (Å²) in [6.07, 6.45) is 0.422. The number of aromatic nitrogens is 2. The van der Waals surface area contributed by atoms with Crippen molar-refractivity contribution in [3.05, 3.63) is 76.6 Å². The average Bonchev–Trinajstić information content (AvgIpc) is 2.80. The molecule has 0 saturated carbocycles. The van der Waals surface area contributed by atoms with Gasteiger partial charge in [0.1, 0.15) is 35.2 Å². The molecule has 0 atom stereocenters. The molecule has 1 heterocycles. The zero-order chi connectivity index (χ0) is 23.8. The lowest BCUT2D eigenvalue weighted by molar-refractivity contribution is 0.0521. The Balaban J connectivity index is 2.05. The van der Waals surface area contributed by atoms with Gasteiger partial charge in [-0.3, -0.25) is 4.79 Å². The molecule has 0 amide bonds. The van der Waals surface area contributed by atoms with Crippen molar-refractivity contribution in [2.75, 3.05) is 26.9 Å². The van der Waals surface area contributed by atoms with Crippen LogP contribution >= 0.6 is 0 Å². The van der Waals surface area contributed by atoms with E-state index >= 15 is 0 Å². The van der Waals surface area contributed by atoms with Crippen LogP contribution in [-0.2, 0) is 15.9 Å². The Labute approximate surface area is 189 Å². The van der Waals surface area contributed by atoms with Crippen LogP contribution < -0.4 is 4.74 Å². The smallest absolute Gasteiger partial charge is 0.342 e. The molecule has 0 aliphatic carbocycles. The van der Waals surface area contributed by atoms with Crippen LogP contribution in [0.2, 0.25) is 0 Å². The zero-order valence-corrected chi connectivity index (χ0v) is 18.1. The van der Waals surface area contributed by atoms with E-state index in [9.17, 15) is 18.4 Å². The Bertz CT molecular complexity index is 1120. The first-order chi connectivity index (χ1) is 16.0. The molecule has 0 aliphatic heterocycles. The predicted molar refractivity (Wildman–Crippen MR) is 115 cm³/mol. The maximum absolute atomic E-state index is 14.4. The normalized spacial score (nSPS) is 10.7. The topological polar surface area (TPSA) is 87.6 Å². The van der Waals surface area contributed by atoms with Crippen molar-refractivity contribution in [1.82, 2.24) is 9.97 Å². The third-order valence-corrected chi connectivity index (χ3v) is 4.64. The first-order valence-electron chi connectivity index (χ1n) is 10.2. The van der Waals surface area contributed by atoms with Gasteiger partial charge in [0.25, 0.3) is 0 Å². The molecule has 0 radical (unpaired) electrons. The number of rotatable bonds is 10. The van der Waals surface area contributed by atoms with Gasteiger partial charge in [-0.05, 0) is 36.8 Å². The quantitative estimate of drug-likeness (QED) is 0.259. The number of halogens is 2. The Hall–Kier alpha value is -3.72. The molecular formula is C24H22F2N2O5. The second-order valence-corrected chi connectivity index (χ2v) is 6.85. The van der Waals surface area contributed by atoms with Crippen LogP contribution in [0, 0.1) is 11.6 Å². The highest BCUT2D eigenvalue weighted by Gasteiger charge is 2.24. The number of aldehydes is 1. The number of hydrogen-bond acceptors (Lipinski definition) is 7. The van der Waals surface area contributed by atoms with Crippen LogP contribution in [0.15, 0.2) is 42.5 Å². The molecule has 9 heteroatoms. The number of carbonyl (C=O) groups is 2. The van der Waals surface area contributed by atoms with E-state index in [1.807, 2.05) is 0 Å². The van der Waals surface area contributed by atoms with Crippen molar-refractivity contribution in [3.63, 3.8) is 0 Å². The monoisotopic (exact) mass is 456 g/mol. The van der Waals surface area contributed by atoms with Gasteiger partial charge in [0.15, 0.2) is 12.1 Å². The predicted octanol–water partition coefficient (Wildman–Crippen LogP) is 4.03. The van der Waals surface area contributed by atoms with Gasteiger partial charge in [-0.15, -0.1) is 0 Å². The summed E-state index contributed by atoms with van der Waals surface area (Å²) >= 11 is 0. The Morgan fingerprint density at radius 1 is 1.03 bits per heavy atom. The molecule has 0 spiro atoms. The molecule has 7 nitrogen and oxygen atoms in total. The summed E-state index contributed by atoms with van der Waals surface area (Å²) in [6.45, 7) is 2.50. The Kier molecular flexibility index (Phi) is 8.15. The van der Waals surface area contributed by atoms with Gasteiger partial charge >= 0.3 is 5.97 Å². The average molecular weight is 456 g/mol. The highest BCUT2D eigenvalue weighted by Crippen LogP contribution is 2.26. The number of nitrogens with zero attached hydrogens (tertiary/aromatic N) is 2. The minimum Gasteiger partial charge on any atom is -0.491 e. The van der Waals surface area contributed by atoms with E-state index in [1.165, 1.54) is 6.07 Å². The summed E-state index contributed by atoms with van der Waals surface area (Å²) in [6, 6.07) is 10.3. The lowest BCUT2D eigenvalue weighted by atomic mass is 10.0. The number of ether oxygens (including phenoxy) is 3. The molecule has 3 rings (SSSR count). The number of benzene rings is 2. The van der Waals surface area contributed by atoms with Crippen molar-refractivity contribution < 1.29 is 32.6 Å². The van der Waals surface area contributed by atoms with Gasteiger partial charge in [0.05, 0.1) is 24.5 Å². The fourth-order valence-electron chi connectivity index (χ4n) is 3.13. The van der Waals surface area contributed by atoms with Crippen molar-refractivity contribution >= 4 is 12.3 Å². The maximum Gasteiger partial charge on any atom is 0.342 e. The van der Waals surface area contributed by atoms with E-state index < -0.39 is 23.2 Å². The van der Waals surface area contributed by atoms with Crippen LogP contribution in [0.4, 0.5) is 8.78 Å². The van der Waals surface area contributed by atoms with E-state index in [1.54, 1.807) is 38.3 Å². The second kappa shape index (κ2) is 11.2. The minimum atomic E-state index is -0.890. The molecule has 33 heavy (non-hydrogen) atoms. The summed E-state index contributed by atoms with van der Waals surface area (Å²) in [5, 5.41) is 0. The zero-order valence-electron chi connectivity index (χ0n) is 18.1. The van der Waals surface area contributed by atoms with E-state index in [0.29, 0.717) is 25.2 Å². The third-order valence-electron chi connectivity index (χ3n) is 4.64. The van der Waals surface area contributed by atoms with E-state index in [0.717, 1.165) is 17.7 Å². The molecule has 0 bridgehead atoms. The SMILES string of the molecule is CCOC(=O)c1c(C=O)nc(-c2c(F)cccc2F)nc1Cc1ccc(OCCOC)cc1. The summed E-state index contributed by atoms with van der Waals surface area (Å²) in [7, 11) is 1.57. The van der Waals surface area contributed by atoms with Gasteiger partial charge in [-0.2, -0.15) is 0 Å². The van der Waals surface area contributed by atoms with Crippen molar-refractivity contribution in [2.45, 2.75) is 13.3 Å². The summed E-state index contributed by atoms with van der Waals surface area (Å²) in [4.78, 5) is 32.5. The second-order valence-electron chi connectivity index (χ2n) is 6.85. The molecule has 0 aliphatic rings. The molecule has 3 aromatic rings. The van der Waals surface area contributed by atoms with E-state index in [-0.39, 0.29) is 35.8 Å². The van der Waals surface area contributed by atoms with E-state index in [2.05, 4.69) is 9.97 Å². The van der Waals surface area contributed by atoms with Gasteiger partial charge in [0, 0.05) is 13.5 Å². The lowest BCUT2D eigenvalue weighted by Crippen LogP contribution is -2.16. The van der Waals surface area contributed by atoms with Gasteiger partial charge < -0.3 is 14.2 Å². The fraction of sp³-hybridized carbons (Fsp3) is 0.250.